The van der Waals surface area contributed by atoms with Gasteiger partial charge >= 0.3 is 5.97 Å². The van der Waals surface area contributed by atoms with Crippen molar-refractivity contribution >= 4 is 29.4 Å². The van der Waals surface area contributed by atoms with E-state index in [0.29, 0.717) is 0 Å². The summed E-state index contributed by atoms with van der Waals surface area (Å²) in [7, 11) is 0. The first-order chi connectivity index (χ1) is 13.2. The van der Waals surface area contributed by atoms with Gasteiger partial charge in [-0.2, -0.15) is 0 Å². The molecule has 2 amide bonds. The van der Waals surface area contributed by atoms with Crippen LogP contribution in [0.2, 0.25) is 0 Å². The number of nitrogens with one attached hydrogen (secondary N) is 1. The lowest BCUT2D eigenvalue weighted by atomic mass is 9.86. The van der Waals surface area contributed by atoms with Crippen molar-refractivity contribution in [2.45, 2.75) is 25.8 Å². The third-order valence-corrected chi connectivity index (χ3v) is 4.44. The summed E-state index contributed by atoms with van der Waals surface area (Å²) in [6.45, 7) is 1.40. The van der Waals surface area contributed by atoms with Crippen LogP contribution in [0.1, 0.15) is 61.0 Å². The number of hydrogen-bond donors (Lipinski definition) is 3. The topological polar surface area (TPSA) is 157 Å². The molecule has 1 aromatic heterocycles. The first-order valence-corrected chi connectivity index (χ1v) is 8.36. The molecular formula is C19H16N2O7. The van der Waals surface area contributed by atoms with Gasteiger partial charge in [0.15, 0.2) is 11.5 Å². The number of aryl methyl sites for hydroxylation is 1. The summed E-state index contributed by atoms with van der Waals surface area (Å²) in [6, 6.07) is 4.75. The fourth-order valence-electron chi connectivity index (χ4n) is 3.11. The smallest absolute Gasteiger partial charge is 0.326 e. The van der Waals surface area contributed by atoms with Gasteiger partial charge < -0.3 is 20.6 Å². The van der Waals surface area contributed by atoms with Gasteiger partial charge in [0, 0.05) is 17.5 Å². The highest BCUT2D eigenvalue weighted by molar-refractivity contribution is 6.30. The van der Waals surface area contributed by atoms with Crippen LogP contribution in [0.5, 0.6) is 0 Å². The Hall–Kier alpha value is -3.75. The fourth-order valence-corrected chi connectivity index (χ4v) is 3.11. The zero-order valence-electron chi connectivity index (χ0n) is 14.8. The minimum atomic E-state index is -1.40. The number of fused-ring (bicyclic) bond motifs is 2. The van der Waals surface area contributed by atoms with Gasteiger partial charge in [0.1, 0.15) is 11.8 Å². The van der Waals surface area contributed by atoms with Crippen molar-refractivity contribution in [1.29, 1.82) is 0 Å². The van der Waals surface area contributed by atoms with Gasteiger partial charge in [-0.15, -0.1) is 0 Å². The van der Waals surface area contributed by atoms with Gasteiger partial charge in [-0.05, 0) is 13.3 Å². The van der Waals surface area contributed by atoms with Crippen molar-refractivity contribution < 1.29 is 33.5 Å². The van der Waals surface area contributed by atoms with Crippen LogP contribution < -0.4 is 11.1 Å². The predicted octanol–water partition coefficient (Wildman–Crippen LogP) is 0.812. The molecule has 1 aliphatic carbocycles. The number of aliphatic carboxylic acids is 1. The number of carboxylic acid groups (broad SMARTS) is 1. The Morgan fingerprint density at radius 2 is 1.75 bits per heavy atom. The summed E-state index contributed by atoms with van der Waals surface area (Å²) >= 11 is 0. The minimum absolute atomic E-state index is 0.0102. The predicted molar refractivity (Wildman–Crippen MR) is 94.1 cm³/mol. The van der Waals surface area contributed by atoms with Crippen molar-refractivity contribution in [2.24, 2.45) is 5.73 Å². The standard InChI is InChI=1S/C19H16N2O7/c1-8-13(18(25)21-11(19(26)27)6-7-12(20)22)14-15(23)9-4-2-3-5-10(9)16(24)17(14)28-8/h2-5,11H,6-7H2,1H3,(H2,20,22)(H,21,25)(H,26,27). The SMILES string of the molecule is Cc1oc2c(c1C(=O)NC(CCC(N)=O)C(=O)O)C(=O)c1ccccc1C2=O. The van der Waals surface area contributed by atoms with Crippen LogP contribution in [0.15, 0.2) is 28.7 Å². The highest BCUT2D eigenvalue weighted by atomic mass is 16.4. The van der Waals surface area contributed by atoms with Gasteiger partial charge in [0.2, 0.25) is 11.7 Å². The van der Waals surface area contributed by atoms with E-state index >= 15 is 0 Å². The van der Waals surface area contributed by atoms with Crippen LogP contribution in [-0.2, 0) is 9.59 Å². The molecule has 0 saturated heterocycles. The molecule has 3 rings (SSSR count). The lowest BCUT2D eigenvalue weighted by molar-refractivity contribution is -0.139. The number of ketones is 2. The van der Waals surface area contributed by atoms with E-state index in [0.717, 1.165) is 0 Å². The highest BCUT2D eigenvalue weighted by Crippen LogP contribution is 2.33. The number of amides is 2. The lowest BCUT2D eigenvalue weighted by Gasteiger charge is -2.16. The number of nitrogens with two attached hydrogens (primary N) is 1. The quantitative estimate of drug-likeness (QED) is 0.567. The average molecular weight is 384 g/mol. The Labute approximate surface area is 158 Å². The first-order valence-electron chi connectivity index (χ1n) is 8.36. The van der Waals surface area contributed by atoms with Gasteiger partial charge in [-0.3, -0.25) is 19.2 Å². The van der Waals surface area contributed by atoms with E-state index < -0.39 is 35.4 Å². The molecule has 0 spiro atoms. The Balaban J connectivity index is 1.98. The molecule has 0 aliphatic heterocycles. The largest absolute Gasteiger partial charge is 0.480 e. The normalized spacial score (nSPS) is 13.5. The molecule has 28 heavy (non-hydrogen) atoms. The van der Waals surface area contributed by atoms with E-state index in [2.05, 4.69) is 5.32 Å². The molecule has 144 valence electrons. The molecule has 0 fully saturated rings. The van der Waals surface area contributed by atoms with E-state index in [1.165, 1.54) is 19.1 Å². The van der Waals surface area contributed by atoms with Crippen molar-refractivity contribution in [1.82, 2.24) is 5.32 Å². The van der Waals surface area contributed by atoms with Crippen molar-refractivity contribution in [3.05, 3.63) is 58.0 Å². The number of furan rings is 1. The van der Waals surface area contributed by atoms with E-state index in [1.54, 1.807) is 12.1 Å². The average Bonchev–Trinajstić information content (AvgIpc) is 3.00. The first kappa shape index (κ1) is 19.0. The van der Waals surface area contributed by atoms with E-state index in [9.17, 15) is 29.1 Å². The highest BCUT2D eigenvalue weighted by Gasteiger charge is 2.39. The molecule has 0 radical (unpaired) electrons. The van der Waals surface area contributed by atoms with Crippen LogP contribution in [0.3, 0.4) is 0 Å². The molecule has 0 bridgehead atoms. The summed E-state index contributed by atoms with van der Waals surface area (Å²) in [5.74, 6) is -4.30. The summed E-state index contributed by atoms with van der Waals surface area (Å²) in [4.78, 5) is 60.5. The molecule has 1 heterocycles. The molecule has 2 aromatic rings. The zero-order chi connectivity index (χ0) is 20.6. The Morgan fingerprint density at radius 3 is 2.32 bits per heavy atom. The maximum absolute atomic E-state index is 12.9. The van der Waals surface area contributed by atoms with Crippen LogP contribution in [0.25, 0.3) is 0 Å². The van der Waals surface area contributed by atoms with Crippen LogP contribution in [0.4, 0.5) is 0 Å². The third kappa shape index (κ3) is 3.18. The van der Waals surface area contributed by atoms with Crippen LogP contribution in [0, 0.1) is 6.92 Å². The van der Waals surface area contributed by atoms with Crippen molar-refractivity contribution in [2.75, 3.05) is 0 Å². The van der Waals surface area contributed by atoms with Gasteiger partial charge in [0.05, 0.1) is 11.1 Å². The number of benzene rings is 1. The maximum atomic E-state index is 12.9. The molecular weight excluding hydrogens is 368 g/mol. The molecule has 0 saturated carbocycles. The molecule has 4 N–H and O–H groups in total. The van der Waals surface area contributed by atoms with E-state index in [4.69, 9.17) is 10.2 Å². The van der Waals surface area contributed by atoms with E-state index in [-0.39, 0.29) is 46.6 Å². The third-order valence-electron chi connectivity index (χ3n) is 4.44. The Bertz CT molecular complexity index is 1030. The molecule has 9 heteroatoms. The second-order valence-corrected chi connectivity index (χ2v) is 6.31. The Morgan fingerprint density at radius 1 is 1.14 bits per heavy atom. The Kier molecular flexibility index (Phi) is 4.83. The molecule has 1 aromatic carbocycles. The molecule has 1 atom stereocenters. The fraction of sp³-hybridized carbons (Fsp3) is 0.211. The maximum Gasteiger partial charge on any atom is 0.326 e. The number of carbonyl (C=O) groups is 5. The number of carbonyl (C=O) groups excluding carboxylic acids is 4. The molecule has 1 aliphatic rings. The van der Waals surface area contributed by atoms with Gasteiger partial charge in [-0.1, -0.05) is 24.3 Å². The number of carboxylic acids is 1. The monoisotopic (exact) mass is 384 g/mol. The summed E-state index contributed by atoms with van der Waals surface area (Å²) in [5.41, 5.74) is 4.93. The summed E-state index contributed by atoms with van der Waals surface area (Å²) < 4.78 is 5.39. The number of hydrogen-bond acceptors (Lipinski definition) is 6. The van der Waals surface area contributed by atoms with Crippen molar-refractivity contribution in [3.63, 3.8) is 0 Å². The van der Waals surface area contributed by atoms with Crippen molar-refractivity contribution in [3.8, 4) is 0 Å². The molecule has 1 unspecified atom stereocenters. The summed E-state index contributed by atoms with van der Waals surface area (Å²) in [6.07, 6.45) is -0.463. The summed E-state index contributed by atoms with van der Waals surface area (Å²) in [5, 5.41) is 11.5. The number of rotatable bonds is 6. The minimum Gasteiger partial charge on any atom is -0.480 e. The van der Waals surface area contributed by atoms with Crippen LogP contribution in [-0.4, -0.2) is 40.5 Å². The zero-order valence-corrected chi connectivity index (χ0v) is 14.8. The lowest BCUT2D eigenvalue weighted by Crippen LogP contribution is -2.42. The van der Waals surface area contributed by atoms with E-state index in [1.807, 2.05) is 0 Å². The van der Waals surface area contributed by atoms with Gasteiger partial charge in [0.25, 0.3) is 5.91 Å². The van der Waals surface area contributed by atoms with Gasteiger partial charge in [-0.25, -0.2) is 4.79 Å². The number of primary amides is 1. The second kappa shape index (κ2) is 7.10. The second-order valence-electron chi connectivity index (χ2n) is 6.31. The molecule has 9 nitrogen and oxygen atoms in total. The van der Waals surface area contributed by atoms with Crippen LogP contribution >= 0.6 is 0 Å².